The Bertz CT molecular complexity index is 296. The summed E-state index contributed by atoms with van der Waals surface area (Å²) in [6.45, 7) is 2.63. The zero-order valence-corrected chi connectivity index (χ0v) is 7.87. The molecule has 68 valence electrons. The molecular formula is C12H15N. The highest BCUT2D eigenvalue weighted by molar-refractivity contribution is 5.30. The summed E-state index contributed by atoms with van der Waals surface area (Å²) in [7, 11) is 0. The van der Waals surface area contributed by atoms with Gasteiger partial charge in [0.1, 0.15) is 0 Å². The highest BCUT2D eigenvalue weighted by Crippen LogP contribution is 2.52. The molecule has 2 fully saturated rings. The standard InChI is InChI=1S/C12H15N/c1-2-5-11(6-3-1)12(7-8-12)13-9-4-10-13/h1-3,5-6H,4,7-10H2. The van der Waals surface area contributed by atoms with Gasteiger partial charge in [0.15, 0.2) is 0 Å². The first-order valence-corrected chi connectivity index (χ1v) is 5.22. The lowest BCUT2D eigenvalue weighted by molar-refractivity contribution is 0.0995. The van der Waals surface area contributed by atoms with Crippen LogP contribution in [0.2, 0.25) is 0 Å². The molecule has 3 rings (SSSR count). The molecule has 1 aromatic rings. The van der Waals surface area contributed by atoms with Gasteiger partial charge in [-0.25, -0.2) is 0 Å². The Kier molecular flexibility index (Phi) is 1.50. The molecule has 0 N–H and O–H groups in total. The molecule has 0 bridgehead atoms. The van der Waals surface area contributed by atoms with E-state index in [4.69, 9.17) is 0 Å². The molecule has 1 saturated carbocycles. The molecule has 1 heteroatoms. The molecule has 0 unspecified atom stereocenters. The SMILES string of the molecule is c1ccc(C2(N3CCC3)CC2)cc1. The minimum Gasteiger partial charge on any atom is -0.294 e. The third-order valence-corrected chi connectivity index (χ3v) is 3.50. The minimum atomic E-state index is 0.472. The maximum Gasteiger partial charge on any atom is 0.0462 e. The van der Waals surface area contributed by atoms with Gasteiger partial charge in [-0.3, -0.25) is 4.90 Å². The first-order valence-electron chi connectivity index (χ1n) is 5.22. The Hall–Kier alpha value is -0.820. The van der Waals surface area contributed by atoms with Crippen LogP contribution in [0.4, 0.5) is 0 Å². The van der Waals surface area contributed by atoms with E-state index in [0.29, 0.717) is 5.54 Å². The van der Waals surface area contributed by atoms with Gasteiger partial charge < -0.3 is 0 Å². The second-order valence-corrected chi connectivity index (χ2v) is 4.24. The molecule has 1 heterocycles. The molecule has 0 spiro atoms. The van der Waals surface area contributed by atoms with E-state index in [1.54, 1.807) is 0 Å². The van der Waals surface area contributed by atoms with Crippen LogP contribution >= 0.6 is 0 Å². The summed E-state index contributed by atoms with van der Waals surface area (Å²) in [5.41, 5.74) is 2.01. The zero-order valence-electron chi connectivity index (χ0n) is 7.87. The smallest absolute Gasteiger partial charge is 0.0462 e. The van der Waals surface area contributed by atoms with Gasteiger partial charge in [-0.1, -0.05) is 30.3 Å². The van der Waals surface area contributed by atoms with Crippen molar-refractivity contribution >= 4 is 0 Å². The van der Waals surface area contributed by atoms with Crippen molar-refractivity contribution in [3.63, 3.8) is 0 Å². The third kappa shape index (κ3) is 1.03. The Morgan fingerprint density at radius 2 is 1.69 bits per heavy atom. The van der Waals surface area contributed by atoms with E-state index in [1.165, 1.54) is 37.9 Å². The van der Waals surface area contributed by atoms with Crippen LogP contribution in [0, 0.1) is 0 Å². The molecule has 0 atom stereocenters. The summed E-state index contributed by atoms with van der Waals surface area (Å²) >= 11 is 0. The molecular weight excluding hydrogens is 158 g/mol. The normalized spacial score (nSPS) is 25.2. The summed E-state index contributed by atoms with van der Waals surface area (Å²) in [5.74, 6) is 0. The van der Waals surface area contributed by atoms with Crippen molar-refractivity contribution in [2.45, 2.75) is 24.8 Å². The predicted octanol–water partition coefficient (Wildman–Crippen LogP) is 2.38. The second-order valence-electron chi connectivity index (χ2n) is 4.24. The van der Waals surface area contributed by atoms with E-state index >= 15 is 0 Å². The third-order valence-electron chi connectivity index (χ3n) is 3.50. The molecule has 1 aliphatic heterocycles. The molecule has 13 heavy (non-hydrogen) atoms. The Morgan fingerprint density at radius 3 is 2.15 bits per heavy atom. The van der Waals surface area contributed by atoms with E-state index in [2.05, 4.69) is 35.2 Å². The lowest BCUT2D eigenvalue weighted by atomic mass is 9.99. The van der Waals surface area contributed by atoms with E-state index < -0.39 is 0 Å². The first kappa shape index (κ1) is 7.57. The van der Waals surface area contributed by atoms with Crippen molar-refractivity contribution in [2.75, 3.05) is 13.1 Å². The van der Waals surface area contributed by atoms with Gasteiger partial charge >= 0.3 is 0 Å². The van der Waals surface area contributed by atoms with Gasteiger partial charge in [-0.15, -0.1) is 0 Å². The molecule has 1 saturated heterocycles. The topological polar surface area (TPSA) is 3.24 Å². The van der Waals surface area contributed by atoms with Gasteiger partial charge in [0.25, 0.3) is 0 Å². The van der Waals surface area contributed by atoms with E-state index in [1.807, 2.05) is 0 Å². The monoisotopic (exact) mass is 173 g/mol. The summed E-state index contributed by atoms with van der Waals surface area (Å²) in [5, 5.41) is 0. The van der Waals surface area contributed by atoms with Crippen LogP contribution in [-0.4, -0.2) is 18.0 Å². The Balaban J connectivity index is 1.91. The van der Waals surface area contributed by atoms with Crippen molar-refractivity contribution in [2.24, 2.45) is 0 Å². The van der Waals surface area contributed by atoms with Gasteiger partial charge in [0.2, 0.25) is 0 Å². The summed E-state index contributed by atoms with van der Waals surface area (Å²) in [6.07, 6.45) is 4.14. The minimum absolute atomic E-state index is 0.472. The van der Waals surface area contributed by atoms with Crippen LogP contribution in [-0.2, 0) is 5.54 Å². The number of likely N-dealkylation sites (tertiary alicyclic amines) is 1. The molecule has 0 aromatic heterocycles. The van der Waals surface area contributed by atoms with Gasteiger partial charge in [-0.2, -0.15) is 0 Å². The summed E-state index contributed by atoms with van der Waals surface area (Å²) in [4.78, 5) is 2.64. The van der Waals surface area contributed by atoms with Gasteiger partial charge in [0.05, 0.1) is 0 Å². The van der Waals surface area contributed by atoms with Crippen molar-refractivity contribution in [3.8, 4) is 0 Å². The van der Waals surface area contributed by atoms with Crippen LogP contribution in [0.3, 0.4) is 0 Å². The maximum atomic E-state index is 2.64. The summed E-state index contributed by atoms with van der Waals surface area (Å²) < 4.78 is 0. The Morgan fingerprint density at radius 1 is 1.00 bits per heavy atom. The molecule has 2 aliphatic rings. The molecule has 1 nitrogen and oxygen atoms in total. The van der Waals surface area contributed by atoms with E-state index in [0.717, 1.165) is 0 Å². The maximum absolute atomic E-state index is 2.64. The van der Waals surface area contributed by atoms with Gasteiger partial charge in [0, 0.05) is 18.6 Å². The highest BCUT2D eigenvalue weighted by atomic mass is 15.3. The molecule has 1 aromatic carbocycles. The number of nitrogens with zero attached hydrogens (tertiary/aromatic N) is 1. The number of hydrogen-bond acceptors (Lipinski definition) is 1. The van der Waals surface area contributed by atoms with Gasteiger partial charge in [-0.05, 0) is 24.8 Å². The first-order chi connectivity index (χ1) is 6.42. The fraction of sp³-hybridized carbons (Fsp3) is 0.500. The molecule has 1 aliphatic carbocycles. The van der Waals surface area contributed by atoms with Crippen molar-refractivity contribution < 1.29 is 0 Å². The molecule has 0 radical (unpaired) electrons. The lowest BCUT2D eigenvalue weighted by Crippen LogP contribution is -2.45. The lowest BCUT2D eigenvalue weighted by Gasteiger charge is -2.39. The Labute approximate surface area is 79.4 Å². The second kappa shape index (κ2) is 2.58. The van der Waals surface area contributed by atoms with Crippen molar-refractivity contribution in [1.82, 2.24) is 4.90 Å². The fourth-order valence-electron chi connectivity index (χ4n) is 2.40. The van der Waals surface area contributed by atoms with Crippen molar-refractivity contribution in [3.05, 3.63) is 35.9 Å². The van der Waals surface area contributed by atoms with Crippen LogP contribution < -0.4 is 0 Å². The zero-order chi connectivity index (χ0) is 8.73. The van der Waals surface area contributed by atoms with E-state index in [-0.39, 0.29) is 0 Å². The quantitative estimate of drug-likeness (QED) is 0.663. The molecule has 0 amide bonds. The number of hydrogen-bond donors (Lipinski definition) is 0. The van der Waals surface area contributed by atoms with Crippen LogP contribution in [0.1, 0.15) is 24.8 Å². The fourth-order valence-corrected chi connectivity index (χ4v) is 2.40. The van der Waals surface area contributed by atoms with E-state index in [9.17, 15) is 0 Å². The number of rotatable bonds is 2. The predicted molar refractivity (Wildman–Crippen MR) is 53.5 cm³/mol. The number of benzene rings is 1. The van der Waals surface area contributed by atoms with Crippen LogP contribution in [0.25, 0.3) is 0 Å². The average molecular weight is 173 g/mol. The average Bonchev–Trinajstić information content (AvgIpc) is 2.85. The summed E-state index contributed by atoms with van der Waals surface area (Å²) in [6, 6.07) is 11.0. The van der Waals surface area contributed by atoms with Crippen LogP contribution in [0.15, 0.2) is 30.3 Å². The highest BCUT2D eigenvalue weighted by Gasteiger charge is 2.50. The van der Waals surface area contributed by atoms with Crippen LogP contribution in [0.5, 0.6) is 0 Å². The largest absolute Gasteiger partial charge is 0.294 e. The van der Waals surface area contributed by atoms with Crippen molar-refractivity contribution in [1.29, 1.82) is 0 Å².